The quantitative estimate of drug-likeness (QED) is 0.128. The average Bonchev–Trinajstić information content (AvgIpc) is 3.38. The van der Waals surface area contributed by atoms with Gasteiger partial charge in [-0.3, -0.25) is 19.9 Å². The third kappa shape index (κ3) is 7.29. The molecule has 11 aromatic rings. The van der Waals surface area contributed by atoms with Crippen molar-refractivity contribution in [2.45, 2.75) is 0 Å². The Bertz CT molecular complexity index is 3020. The smallest absolute Gasteiger partial charge is 0.0645 e. The standard InChI is InChI=1S/C58H40N6/c1-3-11-41(12-4-1)43-19-23-45(24-20-43)57-53-29-27-48(64(51-17-9-33-61-39-51)52-18-10-34-62-40-52)36-56(53)58(46-25-21-44(22-26-46)42-13-5-2-6-14-42)54-30-28-47(35-55(54)57)63(49-15-7-31-59-37-49)50-16-8-32-60-38-50/h1-40H. The van der Waals surface area contributed by atoms with E-state index in [1.54, 1.807) is 0 Å². The molecule has 7 aromatic carbocycles. The van der Waals surface area contributed by atoms with Crippen LogP contribution in [0.5, 0.6) is 0 Å². The molecule has 0 atom stereocenters. The Morgan fingerprint density at radius 3 is 0.859 bits per heavy atom. The van der Waals surface area contributed by atoms with E-state index < -0.39 is 0 Å². The van der Waals surface area contributed by atoms with Crippen molar-refractivity contribution < 1.29 is 0 Å². The molecule has 4 heterocycles. The summed E-state index contributed by atoms with van der Waals surface area (Å²) in [5.41, 5.74) is 15.0. The maximum absolute atomic E-state index is 4.53. The van der Waals surface area contributed by atoms with Crippen LogP contribution in [0.1, 0.15) is 0 Å². The van der Waals surface area contributed by atoms with E-state index in [0.717, 1.165) is 77.9 Å². The van der Waals surface area contributed by atoms with Crippen molar-refractivity contribution >= 4 is 55.7 Å². The van der Waals surface area contributed by atoms with Crippen LogP contribution >= 0.6 is 0 Å². The van der Waals surface area contributed by atoms with E-state index in [-0.39, 0.29) is 0 Å². The molecule has 4 aromatic heterocycles. The van der Waals surface area contributed by atoms with Gasteiger partial charge in [0, 0.05) is 36.2 Å². The number of fused-ring (bicyclic) bond motifs is 2. The lowest BCUT2D eigenvalue weighted by molar-refractivity contribution is 1.20. The SMILES string of the molecule is c1ccc(-c2ccc(-c3c4ccc(N(c5cccnc5)c5cccnc5)cc4c(-c4ccc(-c5ccccc5)cc4)c4ccc(N(c5cccnc5)c5cccnc5)cc34)cc2)cc1. The third-order valence-corrected chi connectivity index (χ3v) is 11.8. The van der Waals surface area contributed by atoms with Crippen LogP contribution in [0.3, 0.4) is 0 Å². The van der Waals surface area contributed by atoms with E-state index in [1.165, 1.54) is 22.3 Å². The molecule has 0 aliphatic carbocycles. The van der Waals surface area contributed by atoms with Gasteiger partial charge in [-0.05, 0) is 139 Å². The Morgan fingerprint density at radius 1 is 0.234 bits per heavy atom. The van der Waals surface area contributed by atoms with Crippen molar-refractivity contribution in [3.05, 3.63) is 244 Å². The van der Waals surface area contributed by atoms with Crippen LogP contribution in [-0.2, 0) is 0 Å². The number of benzene rings is 7. The van der Waals surface area contributed by atoms with E-state index in [0.29, 0.717) is 0 Å². The Labute approximate surface area is 372 Å². The first-order chi connectivity index (χ1) is 31.8. The zero-order chi connectivity index (χ0) is 42.7. The van der Waals surface area contributed by atoms with Crippen LogP contribution in [0.4, 0.5) is 34.1 Å². The second-order valence-corrected chi connectivity index (χ2v) is 15.6. The number of hydrogen-bond acceptors (Lipinski definition) is 6. The van der Waals surface area contributed by atoms with Crippen LogP contribution in [0.2, 0.25) is 0 Å². The van der Waals surface area contributed by atoms with Crippen molar-refractivity contribution in [1.82, 2.24) is 19.9 Å². The fourth-order valence-electron chi connectivity index (χ4n) is 8.86. The fourth-order valence-corrected chi connectivity index (χ4v) is 8.86. The molecule has 0 N–H and O–H groups in total. The number of rotatable bonds is 10. The Kier molecular flexibility index (Phi) is 10.1. The van der Waals surface area contributed by atoms with E-state index >= 15 is 0 Å². The van der Waals surface area contributed by atoms with Gasteiger partial charge >= 0.3 is 0 Å². The minimum absolute atomic E-state index is 0.941. The Morgan fingerprint density at radius 2 is 0.547 bits per heavy atom. The highest BCUT2D eigenvalue weighted by atomic mass is 15.2. The zero-order valence-electron chi connectivity index (χ0n) is 34.8. The monoisotopic (exact) mass is 820 g/mol. The van der Waals surface area contributed by atoms with Crippen LogP contribution in [-0.4, -0.2) is 19.9 Å². The minimum Gasteiger partial charge on any atom is -0.307 e. The van der Waals surface area contributed by atoms with Gasteiger partial charge in [0.05, 0.1) is 47.5 Å². The molecular weight excluding hydrogens is 781 g/mol. The predicted molar refractivity (Wildman–Crippen MR) is 264 cm³/mol. The summed E-state index contributed by atoms with van der Waals surface area (Å²) in [6.07, 6.45) is 14.8. The number of nitrogens with zero attached hydrogens (tertiary/aromatic N) is 6. The highest BCUT2D eigenvalue weighted by Gasteiger charge is 2.22. The van der Waals surface area contributed by atoms with Crippen molar-refractivity contribution in [2.24, 2.45) is 0 Å². The van der Waals surface area contributed by atoms with Gasteiger partial charge in [0.15, 0.2) is 0 Å². The van der Waals surface area contributed by atoms with Crippen molar-refractivity contribution in [3.63, 3.8) is 0 Å². The molecule has 0 amide bonds. The van der Waals surface area contributed by atoms with Gasteiger partial charge in [-0.25, -0.2) is 0 Å². The molecule has 0 bridgehead atoms. The van der Waals surface area contributed by atoms with Gasteiger partial charge in [0.1, 0.15) is 0 Å². The third-order valence-electron chi connectivity index (χ3n) is 11.8. The van der Waals surface area contributed by atoms with E-state index in [1.807, 2.05) is 73.8 Å². The number of anilines is 6. The second kappa shape index (κ2) is 17.0. The van der Waals surface area contributed by atoms with Crippen molar-refractivity contribution in [3.8, 4) is 44.5 Å². The highest BCUT2D eigenvalue weighted by molar-refractivity contribution is 6.22. The van der Waals surface area contributed by atoms with E-state index in [9.17, 15) is 0 Å². The van der Waals surface area contributed by atoms with Gasteiger partial charge in [0.25, 0.3) is 0 Å². The van der Waals surface area contributed by atoms with Crippen LogP contribution in [0, 0.1) is 0 Å². The van der Waals surface area contributed by atoms with Gasteiger partial charge in [0.2, 0.25) is 0 Å². The molecule has 11 rings (SSSR count). The first-order valence-corrected chi connectivity index (χ1v) is 21.3. The summed E-state index contributed by atoms with van der Waals surface area (Å²) in [5, 5.41) is 4.52. The predicted octanol–water partition coefficient (Wildman–Crippen LogP) is 15.2. The summed E-state index contributed by atoms with van der Waals surface area (Å²) in [6.45, 7) is 0. The molecule has 302 valence electrons. The molecule has 0 saturated carbocycles. The van der Waals surface area contributed by atoms with Crippen LogP contribution in [0.15, 0.2) is 244 Å². The number of pyridine rings is 4. The molecule has 0 aliphatic rings. The molecule has 0 unspecified atom stereocenters. The van der Waals surface area contributed by atoms with Gasteiger partial charge in [-0.15, -0.1) is 0 Å². The second-order valence-electron chi connectivity index (χ2n) is 15.6. The normalized spacial score (nSPS) is 11.1. The summed E-state index contributed by atoms with van der Waals surface area (Å²) in [5.74, 6) is 0. The molecule has 0 spiro atoms. The Hall–Kier alpha value is -8.74. The maximum atomic E-state index is 4.53. The van der Waals surface area contributed by atoms with Gasteiger partial charge in [-0.2, -0.15) is 0 Å². The van der Waals surface area contributed by atoms with Crippen molar-refractivity contribution in [2.75, 3.05) is 9.80 Å². The van der Waals surface area contributed by atoms with E-state index in [2.05, 4.69) is 200 Å². The van der Waals surface area contributed by atoms with Gasteiger partial charge < -0.3 is 9.80 Å². The summed E-state index contributed by atoms with van der Waals surface area (Å²) < 4.78 is 0. The first kappa shape index (κ1) is 38.2. The first-order valence-electron chi connectivity index (χ1n) is 21.3. The molecule has 64 heavy (non-hydrogen) atoms. The van der Waals surface area contributed by atoms with Crippen molar-refractivity contribution in [1.29, 1.82) is 0 Å². The summed E-state index contributed by atoms with van der Waals surface area (Å²) >= 11 is 0. The average molecular weight is 821 g/mol. The lowest BCUT2D eigenvalue weighted by atomic mass is 9.84. The Balaban J connectivity index is 1.22. The molecular formula is C58H40N6. The molecule has 0 aliphatic heterocycles. The molecule has 6 heteroatoms. The topological polar surface area (TPSA) is 58.0 Å². The lowest BCUT2D eigenvalue weighted by Crippen LogP contribution is -2.11. The summed E-state index contributed by atoms with van der Waals surface area (Å²) in [6, 6.07) is 69.1. The minimum atomic E-state index is 0.941. The lowest BCUT2D eigenvalue weighted by Gasteiger charge is -2.27. The number of aromatic nitrogens is 4. The maximum Gasteiger partial charge on any atom is 0.0645 e. The summed E-state index contributed by atoms with van der Waals surface area (Å²) in [4.78, 5) is 22.6. The summed E-state index contributed by atoms with van der Waals surface area (Å²) in [7, 11) is 0. The molecule has 0 fully saturated rings. The molecule has 0 radical (unpaired) electrons. The van der Waals surface area contributed by atoms with E-state index in [4.69, 9.17) is 0 Å². The fraction of sp³-hybridized carbons (Fsp3) is 0. The largest absolute Gasteiger partial charge is 0.307 e. The van der Waals surface area contributed by atoms with Crippen LogP contribution < -0.4 is 9.80 Å². The highest BCUT2D eigenvalue weighted by Crippen LogP contribution is 2.48. The zero-order valence-corrected chi connectivity index (χ0v) is 34.8. The van der Waals surface area contributed by atoms with Crippen LogP contribution in [0.25, 0.3) is 66.1 Å². The van der Waals surface area contributed by atoms with Gasteiger partial charge in [-0.1, -0.05) is 121 Å². The molecule has 0 saturated heterocycles. The number of hydrogen-bond donors (Lipinski definition) is 0. The molecule has 6 nitrogen and oxygen atoms in total.